The lowest BCUT2D eigenvalue weighted by atomic mass is 9.81. The Hall–Kier alpha value is -1.58. The van der Waals surface area contributed by atoms with Gasteiger partial charge in [-0.05, 0) is 6.07 Å². The van der Waals surface area contributed by atoms with Gasteiger partial charge in [-0.25, -0.2) is 23.1 Å². The van der Waals surface area contributed by atoms with Crippen LogP contribution in [0, 0.1) is 11.3 Å². The molecule has 8 nitrogen and oxygen atoms in total. The average Bonchev–Trinajstić information content (AvgIpc) is 3.02. The first-order valence-electron chi connectivity index (χ1n) is 6.98. The number of rotatable bonds is 4. The minimum absolute atomic E-state index is 0.120. The molecule has 1 aromatic rings. The maximum absolute atomic E-state index is 12.4. The molecule has 1 amide bonds. The van der Waals surface area contributed by atoms with Crippen LogP contribution in [-0.2, 0) is 14.8 Å². The van der Waals surface area contributed by atoms with Crippen LogP contribution in [0.5, 0.6) is 0 Å². The van der Waals surface area contributed by atoms with Gasteiger partial charge in [0.15, 0.2) is 0 Å². The van der Waals surface area contributed by atoms with Crippen molar-refractivity contribution in [1.29, 1.82) is 0 Å². The van der Waals surface area contributed by atoms with Gasteiger partial charge >= 0.3 is 0 Å². The van der Waals surface area contributed by atoms with Crippen molar-refractivity contribution >= 4 is 15.9 Å². The zero-order valence-electron chi connectivity index (χ0n) is 12.2. The maximum atomic E-state index is 12.4. The number of carbonyl (C=O) groups excluding carboxylic acids is 1. The fourth-order valence-electron chi connectivity index (χ4n) is 3.06. The summed E-state index contributed by atoms with van der Waals surface area (Å²) in [6, 6.07) is 1.65. The molecule has 0 bridgehead atoms. The van der Waals surface area contributed by atoms with Gasteiger partial charge in [0.2, 0.25) is 15.8 Å². The van der Waals surface area contributed by atoms with Crippen LogP contribution in [0.25, 0.3) is 0 Å². The third kappa shape index (κ3) is 2.96. The number of aromatic nitrogens is 2. The Kier molecular flexibility index (Phi) is 3.87. The molecule has 0 aliphatic carbocycles. The monoisotopic (exact) mass is 326 g/mol. The molecule has 1 aromatic heterocycles. The Morgan fingerprint density at radius 2 is 2.23 bits per heavy atom. The lowest BCUT2D eigenvalue weighted by molar-refractivity contribution is 0.0710. The second kappa shape index (κ2) is 5.56. The molecular weight excluding hydrogens is 308 g/mol. The van der Waals surface area contributed by atoms with Gasteiger partial charge in [-0.15, -0.1) is 0 Å². The molecular formula is C13H18N4O4S. The number of sulfonamides is 1. The van der Waals surface area contributed by atoms with E-state index in [0.29, 0.717) is 26.3 Å². The minimum atomic E-state index is -3.28. The number of fused-ring (bicyclic) bond motifs is 1. The van der Waals surface area contributed by atoms with E-state index in [-0.39, 0.29) is 29.6 Å². The molecule has 22 heavy (non-hydrogen) atoms. The Balaban J connectivity index is 1.75. The number of likely N-dealkylation sites (tertiary alicyclic amines) is 1. The van der Waals surface area contributed by atoms with E-state index in [2.05, 4.69) is 14.7 Å². The highest BCUT2D eigenvalue weighted by atomic mass is 32.2. The van der Waals surface area contributed by atoms with Crippen LogP contribution in [0.3, 0.4) is 0 Å². The van der Waals surface area contributed by atoms with Crippen LogP contribution in [0.2, 0.25) is 0 Å². The summed E-state index contributed by atoms with van der Waals surface area (Å²) in [6.45, 7) is 2.22. The summed E-state index contributed by atoms with van der Waals surface area (Å²) in [4.78, 5) is 22.1. The Morgan fingerprint density at radius 1 is 1.50 bits per heavy atom. The van der Waals surface area contributed by atoms with Gasteiger partial charge in [0.05, 0.1) is 19.5 Å². The molecule has 0 aromatic carbocycles. The zero-order chi connectivity index (χ0) is 15.8. The van der Waals surface area contributed by atoms with Gasteiger partial charge < -0.3 is 9.64 Å². The highest BCUT2D eigenvalue weighted by Gasteiger charge is 2.52. The average molecular weight is 326 g/mol. The summed E-state index contributed by atoms with van der Waals surface area (Å²) in [5, 5.41) is 0. The number of amides is 1. The van der Waals surface area contributed by atoms with Crippen LogP contribution in [0.15, 0.2) is 18.5 Å². The fraction of sp³-hybridized carbons (Fsp3) is 0.615. The van der Waals surface area contributed by atoms with Gasteiger partial charge in [0.1, 0.15) is 0 Å². The Labute approximate surface area is 128 Å². The lowest BCUT2D eigenvalue weighted by Gasteiger charge is -2.26. The van der Waals surface area contributed by atoms with Crippen molar-refractivity contribution in [1.82, 2.24) is 19.6 Å². The Bertz CT molecular complexity index is 666. The number of hydrogen-bond donors (Lipinski definition) is 1. The molecule has 2 saturated heterocycles. The van der Waals surface area contributed by atoms with Crippen molar-refractivity contribution in [2.75, 3.05) is 39.1 Å². The molecule has 0 spiro atoms. The largest absolute Gasteiger partial charge is 0.380 e. The van der Waals surface area contributed by atoms with Crippen LogP contribution >= 0.6 is 0 Å². The lowest BCUT2D eigenvalue weighted by Crippen LogP contribution is -2.43. The first kappa shape index (κ1) is 15.3. The normalized spacial score (nSPS) is 27.9. The highest BCUT2D eigenvalue weighted by molar-refractivity contribution is 7.88. The van der Waals surface area contributed by atoms with E-state index in [0.717, 1.165) is 6.26 Å². The van der Waals surface area contributed by atoms with Crippen LogP contribution in [0.4, 0.5) is 0 Å². The van der Waals surface area contributed by atoms with Crippen molar-refractivity contribution in [3.8, 4) is 0 Å². The van der Waals surface area contributed by atoms with E-state index < -0.39 is 10.0 Å². The molecule has 3 rings (SSSR count). The second-order valence-corrected chi connectivity index (χ2v) is 7.76. The Morgan fingerprint density at radius 3 is 2.91 bits per heavy atom. The van der Waals surface area contributed by atoms with Crippen molar-refractivity contribution in [2.24, 2.45) is 11.3 Å². The van der Waals surface area contributed by atoms with Crippen LogP contribution < -0.4 is 4.72 Å². The number of carbonyl (C=O) groups is 1. The number of hydrogen-bond acceptors (Lipinski definition) is 6. The van der Waals surface area contributed by atoms with E-state index in [1.807, 2.05) is 0 Å². The van der Waals surface area contributed by atoms with Crippen molar-refractivity contribution in [2.45, 2.75) is 0 Å². The molecule has 2 fully saturated rings. The zero-order valence-corrected chi connectivity index (χ0v) is 13.0. The maximum Gasteiger partial charge on any atom is 0.291 e. The SMILES string of the molecule is CS(=O)(=O)NC[C@@]12COC[C@@H]1CN(C(=O)c1ncccn1)C2. The summed E-state index contributed by atoms with van der Waals surface area (Å²) in [5.74, 6) is 0.0535. The first-order valence-corrected chi connectivity index (χ1v) is 8.87. The highest BCUT2D eigenvalue weighted by Crippen LogP contribution is 2.41. The molecule has 0 unspecified atom stereocenters. The summed E-state index contributed by atoms with van der Waals surface area (Å²) in [6.07, 6.45) is 4.19. The van der Waals surface area contributed by atoms with E-state index in [1.54, 1.807) is 11.0 Å². The van der Waals surface area contributed by atoms with Gasteiger partial charge in [-0.1, -0.05) is 0 Å². The molecule has 2 aliphatic heterocycles. The molecule has 1 N–H and O–H groups in total. The smallest absolute Gasteiger partial charge is 0.291 e. The van der Waals surface area contributed by atoms with E-state index >= 15 is 0 Å². The van der Waals surface area contributed by atoms with Gasteiger partial charge in [-0.3, -0.25) is 4.79 Å². The summed E-state index contributed by atoms with van der Waals surface area (Å²) < 4.78 is 30.8. The first-order chi connectivity index (χ1) is 10.4. The van der Waals surface area contributed by atoms with E-state index in [9.17, 15) is 13.2 Å². The second-order valence-electron chi connectivity index (χ2n) is 5.93. The predicted octanol–water partition coefficient (Wildman–Crippen LogP) is -0.886. The summed E-state index contributed by atoms with van der Waals surface area (Å²) >= 11 is 0. The third-order valence-electron chi connectivity index (χ3n) is 4.25. The van der Waals surface area contributed by atoms with Crippen LogP contribution in [0.1, 0.15) is 10.6 Å². The van der Waals surface area contributed by atoms with Crippen molar-refractivity contribution in [3.63, 3.8) is 0 Å². The molecule has 120 valence electrons. The molecule has 2 atom stereocenters. The van der Waals surface area contributed by atoms with E-state index in [1.165, 1.54) is 12.4 Å². The summed E-state index contributed by atoms with van der Waals surface area (Å²) in [5.41, 5.74) is -0.368. The summed E-state index contributed by atoms with van der Waals surface area (Å²) in [7, 11) is -3.28. The fourth-order valence-corrected chi connectivity index (χ4v) is 3.61. The molecule has 3 heterocycles. The number of nitrogens with one attached hydrogen (secondary N) is 1. The number of nitrogens with zero attached hydrogens (tertiary/aromatic N) is 3. The predicted molar refractivity (Wildman–Crippen MR) is 77.5 cm³/mol. The molecule has 0 radical (unpaired) electrons. The minimum Gasteiger partial charge on any atom is -0.380 e. The van der Waals surface area contributed by atoms with Gasteiger partial charge in [0, 0.05) is 43.4 Å². The topological polar surface area (TPSA) is 101 Å². The quantitative estimate of drug-likeness (QED) is 0.770. The standard InChI is InChI=1S/C13H18N4O4S/c1-22(19,20)16-7-13-8-17(5-10(13)6-21-9-13)12(18)11-14-3-2-4-15-11/h2-4,10,16H,5-9H2,1H3/t10-,13+/m0/s1. The van der Waals surface area contributed by atoms with Crippen molar-refractivity contribution in [3.05, 3.63) is 24.3 Å². The molecule has 2 aliphatic rings. The van der Waals surface area contributed by atoms with Gasteiger partial charge in [0.25, 0.3) is 5.91 Å². The molecule has 9 heteroatoms. The third-order valence-corrected chi connectivity index (χ3v) is 4.92. The number of ether oxygens (including phenoxy) is 1. The van der Waals surface area contributed by atoms with E-state index in [4.69, 9.17) is 4.74 Å². The molecule has 0 saturated carbocycles. The van der Waals surface area contributed by atoms with Crippen LogP contribution in [-0.4, -0.2) is 68.3 Å². The van der Waals surface area contributed by atoms with Crippen molar-refractivity contribution < 1.29 is 17.9 Å². The van der Waals surface area contributed by atoms with Gasteiger partial charge in [-0.2, -0.15) is 0 Å².